The summed E-state index contributed by atoms with van der Waals surface area (Å²) in [7, 11) is 0. The maximum Gasteiger partial charge on any atom is 0.340 e. The van der Waals surface area contributed by atoms with E-state index in [1.165, 1.54) is 11.8 Å². The van der Waals surface area contributed by atoms with Crippen LogP contribution in [0, 0.1) is 13.8 Å². The van der Waals surface area contributed by atoms with Gasteiger partial charge in [0.1, 0.15) is 16.4 Å². The lowest BCUT2D eigenvalue weighted by atomic mass is 10.2. The molecule has 0 saturated heterocycles. The summed E-state index contributed by atoms with van der Waals surface area (Å²) in [6, 6.07) is 5.80. The Balaban J connectivity index is 2.29. The van der Waals surface area contributed by atoms with Crippen LogP contribution in [-0.2, 0) is 12.2 Å². The minimum absolute atomic E-state index is 0.185. The van der Waals surface area contributed by atoms with Gasteiger partial charge in [0, 0.05) is 17.9 Å². The first kappa shape index (κ1) is 15.4. The fourth-order valence-electron chi connectivity index (χ4n) is 1.93. The molecule has 1 N–H and O–H groups in total. The summed E-state index contributed by atoms with van der Waals surface area (Å²) < 4.78 is 0. The second-order valence-corrected chi connectivity index (χ2v) is 5.59. The summed E-state index contributed by atoms with van der Waals surface area (Å²) in [5, 5.41) is 9.85. The summed E-state index contributed by atoms with van der Waals surface area (Å²) in [6.45, 7) is 5.59. The monoisotopic (exact) mass is 303 g/mol. The Hall–Kier alpha value is -1.95. The Morgan fingerprint density at radius 2 is 2.00 bits per heavy atom. The molecule has 2 aromatic rings. The highest BCUT2D eigenvalue weighted by Crippen LogP contribution is 2.26. The molecule has 21 heavy (non-hydrogen) atoms. The number of carbonyl (C=O) groups is 1. The lowest BCUT2D eigenvalue weighted by Gasteiger charge is -2.09. The van der Waals surface area contributed by atoms with Gasteiger partial charge in [0.05, 0.1) is 11.4 Å². The average molecular weight is 303 g/mol. The number of pyridine rings is 1. The number of aromatic nitrogens is 3. The molecule has 2 aromatic heterocycles. The minimum atomic E-state index is -0.991. The number of thioether (sulfide) groups is 1. The fraction of sp³-hybridized carbons (Fsp3) is 0.333. The van der Waals surface area contributed by atoms with Gasteiger partial charge in [0.15, 0.2) is 0 Å². The molecule has 0 aliphatic rings. The van der Waals surface area contributed by atoms with Gasteiger partial charge < -0.3 is 5.11 Å². The summed E-state index contributed by atoms with van der Waals surface area (Å²) in [6.07, 6.45) is 0.678. The molecule has 0 fully saturated rings. The van der Waals surface area contributed by atoms with Crippen LogP contribution in [0.1, 0.15) is 40.2 Å². The highest BCUT2D eigenvalue weighted by Gasteiger charge is 2.18. The topological polar surface area (TPSA) is 76.0 Å². The largest absolute Gasteiger partial charge is 0.478 e. The molecule has 0 radical (unpaired) electrons. The summed E-state index contributed by atoms with van der Waals surface area (Å²) in [5.74, 6) is 0.258. The van der Waals surface area contributed by atoms with Crippen molar-refractivity contribution in [3.63, 3.8) is 0 Å². The standard InChI is InChI=1S/C15H17N3O2S/c1-4-12-17-10(3)13(15(19)20)14(18-12)21-8-11-7-5-6-9(2)16-11/h5-7H,4,8H2,1-3H3,(H,19,20). The SMILES string of the molecule is CCc1nc(C)c(C(=O)O)c(SCc2cccc(C)n2)n1. The highest BCUT2D eigenvalue weighted by molar-refractivity contribution is 7.98. The molecule has 0 spiro atoms. The number of hydrogen-bond donors (Lipinski definition) is 1. The summed E-state index contributed by atoms with van der Waals surface area (Å²) in [5.41, 5.74) is 2.55. The van der Waals surface area contributed by atoms with Crippen molar-refractivity contribution < 1.29 is 9.90 Å². The molecule has 0 unspecified atom stereocenters. The molecular weight excluding hydrogens is 286 g/mol. The molecule has 0 amide bonds. The molecule has 2 rings (SSSR count). The van der Waals surface area contributed by atoms with E-state index in [2.05, 4.69) is 15.0 Å². The van der Waals surface area contributed by atoms with Gasteiger partial charge in [-0.3, -0.25) is 4.98 Å². The van der Waals surface area contributed by atoms with Crippen LogP contribution in [0.4, 0.5) is 0 Å². The molecule has 0 bridgehead atoms. The molecule has 5 nitrogen and oxygen atoms in total. The van der Waals surface area contributed by atoms with E-state index in [1.807, 2.05) is 32.0 Å². The second kappa shape index (κ2) is 6.67. The third-order valence-electron chi connectivity index (χ3n) is 2.94. The molecular formula is C15H17N3O2S. The van der Waals surface area contributed by atoms with E-state index in [1.54, 1.807) is 6.92 Å². The van der Waals surface area contributed by atoms with Crippen LogP contribution in [0.2, 0.25) is 0 Å². The average Bonchev–Trinajstić information content (AvgIpc) is 2.44. The van der Waals surface area contributed by atoms with Crippen LogP contribution >= 0.6 is 11.8 Å². The molecule has 0 aliphatic carbocycles. The van der Waals surface area contributed by atoms with Gasteiger partial charge in [0.2, 0.25) is 0 Å². The third-order valence-corrected chi connectivity index (χ3v) is 3.94. The molecule has 0 aromatic carbocycles. The first-order valence-electron chi connectivity index (χ1n) is 6.67. The number of carboxylic acids is 1. The van der Waals surface area contributed by atoms with Gasteiger partial charge in [-0.15, -0.1) is 0 Å². The maximum absolute atomic E-state index is 11.4. The quantitative estimate of drug-likeness (QED) is 0.676. The fourth-order valence-corrected chi connectivity index (χ4v) is 2.93. The van der Waals surface area contributed by atoms with Crippen LogP contribution in [0.3, 0.4) is 0 Å². The van der Waals surface area contributed by atoms with Gasteiger partial charge in [-0.2, -0.15) is 0 Å². The Labute approximate surface area is 127 Å². The Kier molecular flexibility index (Phi) is 4.90. The van der Waals surface area contributed by atoms with E-state index in [9.17, 15) is 9.90 Å². The highest BCUT2D eigenvalue weighted by atomic mass is 32.2. The second-order valence-electron chi connectivity index (χ2n) is 4.62. The maximum atomic E-state index is 11.4. The van der Waals surface area contributed by atoms with E-state index in [-0.39, 0.29) is 5.56 Å². The van der Waals surface area contributed by atoms with E-state index in [0.717, 1.165) is 11.4 Å². The minimum Gasteiger partial charge on any atom is -0.478 e. The van der Waals surface area contributed by atoms with E-state index in [0.29, 0.717) is 28.7 Å². The zero-order valence-electron chi connectivity index (χ0n) is 12.3. The van der Waals surface area contributed by atoms with Crippen LogP contribution in [-0.4, -0.2) is 26.0 Å². The van der Waals surface area contributed by atoms with Crippen molar-refractivity contribution in [1.82, 2.24) is 15.0 Å². The van der Waals surface area contributed by atoms with Crippen molar-refractivity contribution in [1.29, 1.82) is 0 Å². The van der Waals surface area contributed by atoms with Crippen LogP contribution < -0.4 is 0 Å². The first-order valence-corrected chi connectivity index (χ1v) is 7.66. The number of rotatable bonds is 5. The molecule has 6 heteroatoms. The molecule has 2 heterocycles. The predicted octanol–water partition coefficient (Wildman–Crippen LogP) is 3.04. The number of aryl methyl sites for hydroxylation is 3. The molecule has 110 valence electrons. The number of aromatic carboxylic acids is 1. The van der Waals surface area contributed by atoms with E-state index in [4.69, 9.17) is 0 Å². The number of hydrogen-bond acceptors (Lipinski definition) is 5. The first-order chi connectivity index (χ1) is 10.0. The van der Waals surface area contributed by atoms with E-state index >= 15 is 0 Å². The van der Waals surface area contributed by atoms with Crippen molar-refractivity contribution in [3.8, 4) is 0 Å². The Bertz CT molecular complexity index is 674. The van der Waals surface area contributed by atoms with Crippen LogP contribution in [0.5, 0.6) is 0 Å². The van der Waals surface area contributed by atoms with E-state index < -0.39 is 5.97 Å². The number of carboxylic acid groups (broad SMARTS) is 1. The number of nitrogens with zero attached hydrogens (tertiary/aromatic N) is 3. The van der Waals surface area contributed by atoms with Gasteiger partial charge in [-0.25, -0.2) is 14.8 Å². The van der Waals surface area contributed by atoms with Gasteiger partial charge >= 0.3 is 5.97 Å². The lowest BCUT2D eigenvalue weighted by Crippen LogP contribution is -2.09. The molecule has 0 saturated carbocycles. The summed E-state index contributed by atoms with van der Waals surface area (Å²) >= 11 is 1.39. The lowest BCUT2D eigenvalue weighted by molar-refractivity contribution is 0.0690. The van der Waals surface area contributed by atoms with Gasteiger partial charge in [0.25, 0.3) is 0 Å². The van der Waals surface area contributed by atoms with Crippen molar-refractivity contribution in [2.75, 3.05) is 0 Å². The van der Waals surface area contributed by atoms with Crippen LogP contribution in [0.25, 0.3) is 0 Å². The smallest absolute Gasteiger partial charge is 0.340 e. The van der Waals surface area contributed by atoms with Gasteiger partial charge in [-0.1, -0.05) is 24.8 Å². The molecule has 0 aliphatic heterocycles. The van der Waals surface area contributed by atoms with Crippen LogP contribution in [0.15, 0.2) is 23.2 Å². The zero-order chi connectivity index (χ0) is 15.4. The summed E-state index contributed by atoms with van der Waals surface area (Å²) in [4.78, 5) is 24.4. The Morgan fingerprint density at radius 3 is 2.62 bits per heavy atom. The predicted molar refractivity (Wildman–Crippen MR) is 81.6 cm³/mol. The Morgan fingerprint density at radius 1 is 1.24 bits per heavy atom. The third kappa shape index (κ3) is 3.78. The van der Waals surface area contributed by atoms with Crippen molar-refractivity contribution in [2.24, 2.45) is 0 Å². The van der Waals surface area contributed by atoms with Crippen molar-refractivity contribution >= 4 is 17.7 Å². The zero-order valence-corrected chi connectivity index (χ0v) is 13.1. The molecule has 0 atom stereocenters. The van der Waals surface area contributed by atoms with Gasteiger partial charge in [-0.05, 0) is 26.0 Å². The van der Waals surface area contributed by atoms with Crippen molar-refractivity contribution in [2.45, 2.75) is 38.0 Å². The normalized spacial score (nSPS) is 10.6. The van der Waals surface area contributed by atoms with Crippen molar-refractivity contribution in [3.05, 3.63) is 46.7 Å².